The summed E-state index contributed by atoms with van der Waals surface area (Å²) in [5, 5.41) is 28.7. The monoisotopic (exact) mass is 419 g/mol. The number of hydrogen-bond donors (Lipinski definition) is 1. The fourth-order valence-corrected chi connectivity index (χ4v) is 3.16. The molecule has 4 aromatic rings. The summed E-state index contributed by atoms with van der Waals surface area (Å²) in [5.41, 5.74) is 1.19. The lowest BCUT2D eigenvalue weighted by Gasteiger charge is -2.11. The van der Waals surface area contributed by atoms with Crippen molar-refractivity contribution in [3.8, 4) is 23.2 Å². The van der Waals surface area contributed by atoms with E-state index in [1.54, 1.807) is 11.7 Å². The number of hydrogen-bond acceptors (Lipinski definition) is 8. The molecule has 2 aromatic carbocycles. The number of nitro groups is 1. The van der Waals surface area contributed by atoms with E-state index in [1.807, 2.05) is 30.3 Å². The third kappa shape index (κ3) is 3.46. The Morgan fingerprint density at radius 1 is 1.29 bits per heavy atom. The molecule has 0 saturated carbocycles. The Balaban J connectivity index is 1.83. The van der Waals surface area contributed by atoms with Crippen molar-refractivity contribution in [3.63, 3.8) is 0 Å². The minimum Gasteiger partial charge on any atom is -0.494 e. The molecule has 2 aromatic heterocycles. The van der Waals surface area contributed by atoms with E-state index in [4.69, 9.17) is 4.74 Å². The fraction of sp³-hybridized carbons (Fsp3) is 0.100. The number of nitrogens with zero attached hydrogens (tertiary/aromatic N) is 6. The Bertz CT molecular complexity index is 1380. The number of nitriles is 1. The van der Waals surface area contributed by atoms with Crippen molar-refractivity contribution in [2.75, 3.05) is 12.4 Å². The Kier molecular flexibility index (Phi) is 4.88. The van der Waals surface area contributed by atoms with Crippen LogP contribution in [0.4, 0.5) is 21.7 Å². The number of aryl methyl sites for hydroxylation is 1. The minimum absolute atomic E-state index is 0.0286. The molecule has 1 N–H and O–H groups in total. The first-order valence-corrected chi connectivity index (χ1v) is 8.91. The number of methoxy groups -OCH3 is 1. The molecule has 0 amide bonds. The van der Waals surface area contributed by atoms with E-state index in [0.29, 0.717) is 5.69 Å². The predicted octanol–water partition coefficient (Wildman–Crippen LogP) is 3.70. The average molecular weight is 419 g/mol. The van der Waals surface area contributed by atoms with Gasteiger partial charge in [0.25, 0.3) is 0 Å². The average Bonchev–Trinajstić information content (AvgIpc) is 3.11. The second-order valence-electron chi connectivity index (χ2n) is 6.44. The minimum atomic E-state index is -1.03. The van der Waals surface area contributed by atoms with Crippen LogP contribution in [0.25, 0.3) is 22.3 Å². The van der Waals surface area contributed by atoms with Crippen LogP contribution in [0.2, 0.25) is 0 Å². The molecule has 0 aliphatic carbocycles. The molecule has 2 heterocycles. The topological polar surface area (TPSA) is 132 Å². The number of fused-ring (bicyclic) bond motifs is 1. The molecule has 0 spiro atoms. The van der Waals surface area contributed by atoms with E-state index in [1.165, 1.54) is 13.3 Å². The van der Waals surface area contributed by atoms with Crippen LogP contribution in [-0.4, -0.2) is 31.8 Å². The smallest absolute Gasteiger partial charge is 0.307 e. The molecule has 0 radical (unpaired) electrons. The van der Waals surface area contributed by atoms with Crippen LogP contribution in [0.5, 0.6) is 5.75 Å². The van der Waals surface area contributed by atoms with E-state index in [9.17, 15) is 19.8 Å². The van der Waals surface area contributed by atoms with Crippen molar-refractivity contribution in [1.82, 2.24) is 19.7 Å². The predicted molar refractivity (Wildman–Crippen MR) is 109 cm³/mol. The molecule has 154 valence electrons. The third-order valence-electron chi connectivity index (χ3n) is 4.60. The number of halogens is 1. The Hall–Kier alpha value is -4.59. The van der Waals surface area contributed by atoms with Gasteiger partial charge in [-0.2, -0.15) is 14.8 Å². The van der Waals surface area contributed by atoms with E-state index in [0.717, 1.165) is 23.0 Å². The van der Waals surface area contributed by atoms with Gasteiger partial charge in [0.1, 0.15) is 23.2 Å². The number of benzene rings is 2. The summed E-state index contributed by atoms with van der Waals surface area (Å²) < 4.78 is 20.7. The zero-order valence-corrected chi connectivity index (χ0v) is 16.3. The molecule has 0 aliphatic rings. The van der Waals surface area contributed by atoms with Gasteiger partial charge in [-0.3, -0.25) is 14.8 Å². The summed E-state index contributed by atoms with van der Waals surface area (Å²) in [5.74, 6) is -0.974. The van der Waals surface area contributed by atoms with Gasteiger partial charge < -0.3 is 10.1 Å². The number of anilines is 2. The zero-order chi connectivity index (χ0) is 22.1. The van der Waals surface area contributed by atoms with Gasteiger partial charge in [0.15, 0.2) is 0 Å². The summed E-state index contributed by atoms with van der Waals surface area (Å²) in [6.45, 7) is 0. The summed E-state index contributed by atoms with van der Waals surface area (Å²) in [6, 6.07) is 11.4. The second-order valence-corrected chi connectivity index (χ2v) is 6.44. The maximum Gasteiger partial charge on any atom is 0.307 e. The lowest BCUT2D eigenvalue weighted by atomic mass is 10.1. The number of rotatable bonds is 5. The molecule has 4 rings (SSSR count). The van der Waals surface area contributed by atoms with Crippen molar-refractivity contribution in [1.29, 1.82) is 5.26 Å². The lowest BCUT2D eigenvalue weighted by Crippen LogP contribution is -2.04. The Labute approximate surface area is 174 Å². The first-order valence-electron chi connectivity index (χ1n) is 8.91. The molecule has 0 unspecified atom stereocenters. The summed E-state index contributed by atoms with van der Waals surface area (Å²) in [6.07, 6.45) is 1.32. The SMILES string of the molecule is COc1cc(F)c([N+](=O)[O-])cc1Nc1ncc(C#N)c(-c2nn(C)c3ccccc23)n1. The Morgan fingerprint density at radius 3 is 2.77 bits per heavy atom. The molecule has 10 nitrogen and oxygen atoms in total. The number of para-hydroxylation sites is 1. The highest BCUT2D eigenvalue weighted by Crippen LogP contribution is 2.34. The quantitative estimate of drug-likeness (QED) is 0.382. The third-order valence-corrected chi connectivity index (χ3v) is 4.60. The first-order chi connectivity index (χ1) is 14.9. The summed E-state index contributed by atoms with van der Waals surface area (Å²) in [7, 11) is 3.08. The van der Waals surface area contributed by atoms with Gasteiger partial charge in [0.2, 0.25) is 11.8 Å². The molecular formula is C20H14FN7O3. The molecule has 0 fully saturated rings. The number of ether oxygens (including phenoxy) is 1. The van der Waals surface area contributed by atoms with Crippen LogP contribution in [0.1, 0.15) is 5.56 Å². The van der Waals surface area contributed by atoms with E-state index >= 15 is 0 Å². The standard InChI is InChI=1S/C20H14FN7O3/c1-27-15-6-4-3-5-12(15)19(26-27)18-11(9-22)10-23-20(25-18)24-14-8-16(28(29)30)13(21)7-17(14)31-2/h3-8,10H,1-2H3,(H,23,24,25). The van der Waals surface area contributed by atoms with E-state index < -0.39 is 16.4 Å². The van der Waals surface area contributed by atoms with Gasteiger partial charge in [-0.1, -0.05) is 18.2 Å². The molecule has 0 saturated heterocycles. The highest BCUT2D eigenvalue weighted by Gasteiger charge is 2.21. The molecule has 0 aliphatic heterocycles. The normalized spacial score (nSPS) is 10.6. The highest BCUT2D eigenvalue weighted by molar-refractivity contribution is 5.93. The lowest BCUT2D eigenvalue weighted by molar-refractivity contribution is -0.387. The van der Waals surface area contributed by atoms with Crippen molar-refractivity contribution in [2.24, 2.45) is 7.05 Å². The largest absolute Gasteiger partial charge is 0.494 e. The van der Waals surface area contributed by atoms with Crippen molar-refractivity contribution in [3.05, 3.63) is 64.1 Å². The van der Waals surface area contributed by atoms with Gasteiger partial charge in [-0.15, -0.1) is 0 Å². The van der Waals surface area contributed by atoms with Gasteiger partial charge in [-0.25, -0.2) is 9.97 Å². The molecule has 0 bridgehead atoms. The molecule has 11 heteroatoms. The zero-order valence-electron chi connectivity index (χ0n) is 16.3. The molecular weight excluding hydrogens is 405 g/mol. The second kappa shape index (κ2) is 7.68. The molecule has 31 heavy (non-hydrogen) atoms. The van der Waals surface area contributed by atoms with Crippen LogP contribution < -0.4 is 10.1 Å². The highest BCUT2D eigenvalue weighted by atomic mass is 19.1. The van der Waals surface area contributed by atoms with Gasteiger partial charge in [0.05, 0.1) is 35.0 Å². The van der Waals surface area contributed by atoms with Gasteiger partial charge in [0, 0.05) is 24.6 Å². The van der Waals surface area contributed by atoms with E-state index in [2.05, 4.69) is 20.4 Å². The fourth-order valence-electron chi connectivity index (χ4n) is 3.16. The van der Waals surface area contributed by atoms with Crippen LogP contribution >= 0.6 is 0 Å². The maximum absolute atomic E-state index is 13.9. The maximum atomic E-state index is 13.9. The Morgan fingerprint density at radius 2 is 2.06 bits per heavy atom. The van der Waals surface area contributed by atoms with Crippen LogP contribution in [-0.2, 0) is 7.05 Å². The van der Waals surface area contributed by atoms with Crippen molar-refractivity contribution < 1.29 is 14.1 Å². The molecule has 0 atom stereocenters. The van der Waals surface area contributed by atoms with Crippen LogP contribution in [0.15, 0.2) is 42.6 Å². The van der Waals surface area contributed by atoms with Crippen molar-refractivity contribution in [2.45, 2.75) is 0 Å². The van der Waals surface area contributed by atoms with Crippen LogP contribution in [0, 0.1) is 27.3 Å². The van der Waals surface area contributed by atoms with E-state index in [-0.39, 0.29) is 28.6 Å². The number of nitrogens with one attached hydrogen (secondary N) is 1. The van der Waals surface area contributed by atoms with Gasteiger partial charge in [-0.05, 0) is 6.07 Å². The van der Waals surface area contributed by atoms with Crippen LogP contribution in [0.3, 0.4) is 0 Å². The summed E-state index contributed by atoms with van der Waals surface area (Å²) in [4.78, 5) is 18.7. The van der Waals surface area contributed by atoms with Crippen molar-refractivity contribution >= 4 is 28.2 Å². The van der Waals surface area contributed by atoms with Gasteiger partial charge >= 0.3 is 5.69 Å². The summed E-state index contributed by atoms with van der Waals surface area (Å²) >= 11 is 0. The number of nitro benzene ring substituents is 1. The number of aromatic nitrogens is 4. The first kappa shape index (κ1) is 19.7.